The maximum atomic E-state index is 11.3. The molecule has 0 heterocycles. The van der Waals surface area contributed by atoms with Gasteiger partial charge in [-0.3, -0.25) is 5.32 Å². The number of carbonyl (C=O) groups excluding carboxylic acids is 1. The van der Waals surface area contributed by atoms with Crippen molar-refractivity contribution >= 4 is 34.7 Å². The first kappa shape index (κ1) is 11.8. The number of rotatable bonds is 3. The number of halogens is 1. The van der Waals surface area contributed by atoms with Crippen LogP contribution in [0, 0.1) is 0 Å². The summed E-state index contributed by atoms with van der Waals surface area (Å²) in [4.78, 5) is 21.5. The van der Waals surface area contributed by atoms with Gasteiger partial charge in [0.2, 0.25) is 0 Å². The fourth-order valence-electron chi connectivity index (χ4n) is 0.824. The molecule has 0 saturated carbocycles. The summed E-state index contributed by atoms with van der Waals surface area (Å²) < 4.78 is 3.99. The van der Waals surface area contributed by atoms with Gasteiger partial charge in [0.15, 0.2) is 4.05 Å². The van der Waals surface area contributed by atoms with Gasteiger partial charge in [0.25, 0.3) is 0 Å². The van der Waals surface area contributed by atoms with Crippen LogP contribution >= 0.6 is 22.6 Å². The molecule has 1 atom stereocenters. The van der Waals surface area contributed by atoms with Crippen LogP contribution in [0.15, 0.2) is 30.3 Å². The third-order valence-corrected chi connectivity index (χ3v) is 2.24. The maximum Gasteiger partial charge on any atom is 0.405 e. The zero-order valence-corrected chi connectivity index (χ0v) is 9.67. The molecule has 2 N–H and O–H groups in total. The molecule has 0 aliphatic carbocycles. The first-order chi connectivity index (χ1) is 7.09. The lowest BCUT2D eigenvalue weighted by atomic mass is 10.3. The molecule has 15 heavy (non-hydrogen) atoms. The molecule has 0 saturated heterocycles. The van der Waals surface area contributed by atoms with Crippen LogP contribution in [0.25, 0.3) is 0 Å². The summed E-state index contributed by atoms with van der Waals surface area (Å²) in [7, 11) is 0. The quantitative estimate of drug-likeness (QED) is 0.292. The summed E-state index contributed by atoms with van der Waals surface area (Å²) >= 11 is 1.64. The lowest BCUT2D eigenvalue weighted by Gasteiger charge is -2.09. The molecule has 5 nitrogen and oxygen atoms in total. The zero-order valence-electron chi connectivity index (χ0n) is 7.51. The lowest BCUT2D eigenvalue weighted by molar-refractivity contribution is -0.133. The average Bonchev–Trinajstić information content (AvgIpc) is 2.18. The third-order valence-electron chi connectivity index (χ3n) is 1.42. The smallest absolute Gasteiger partial charge is 0.405 e. The number of esters is 1. The van der Waals surface area contributed by atoms with Crippen molar-refractivity contribution in [3.8, 4) is 5.75 Å². The maximum absolute atomic E-state index is 11.3. The number of hydrogen-bond donors (Lipinski definition) is 2. The molecule has 0 spiro atoms. The topological polar surface area (TPSA) is 75.6 Å². The Morgan fingerprint density at radius 1 is 1.33 bits per heavy atom. The number of amides is 1. The lowest BCUT2D eigenvalue weighted by Crippen LogP contribution is -2.37. The molecular formula is C9H8INO4. The van der Waals surface area contributed by atoms with Crippen molar-refractivity contribution in [2.45, 2.75) is 4.05 Å². The molecule has 1 unspecified atom stereocenters. The minimum absolute atomic E-state index is 0.386. The molecule has 1 aromatic rings. The van der Waals surface area contributed by atoms with E-state index in [1.54, 1.807) is 52.9 Å². The number of carboxylic acid groups (broad SMARTS) is 1. The first-order valence-corrected chi connectivity index (χ1v) is 5.24. The van der Waals surface area contributed by atoms with E-state index in [9.17, 15) is 9.59 Å². The molecular weight excluding hydrogens is 313 g/mol. The van der Waals surface area contributed by atoms with Crippen molar-refractivity contribution in [2.24, 2.45) is 0 Å². The van der Waals surface area contributed by atoms with Gasteiger partial charge < -0.3 is 9.84 Å². The van der Waals surface area contributed by atoms with Crippen molar-refractivity contribution in [1.29, 1.82) is 0 Å². The van der Waals surface area contributed by atoms with Crippen molar-refractivity contribution in [3.05, 3.63) is 30.3 Å². The van der Waals surface area contributed by atoms with Gasteiger partial charge in [0, 0.05) is 0 Å². The molecule has 0 aromatic heterocycles. The van der Waals surface area contributed by atoms with Crippen LogP contribution in [0.2, 0.25) is 0 Å². The van der Waals surface area contributed by atoms with Gasteiger partial charge in [0.1, 0.15) is 5.75 Å². The Labute approximate surface area is 99.6 Å². The summed E-state index contributed by atoms with van der Waals surface area (Å²) in [6.07, 6.45) is -1.26. The summed E-state index contributed by atoms with van der Waals surface area (Å²) in [5, 5.41) is 10.4. The van der Waals surface area contributed by atoms with Crippen molar-refractivity contribution in [3.63, 3.8) is 0 Å². The average molecular weight is 321 g/mol. The number of benzene rings is 1. The van der Waals surface area contributed by atoms with Crippen LogP contribution in [0.1, 0.15) is 0 Å². The van der Waals surface area contributed by atoms with E-state index in [-0.39, 0.29) is 0 Å². The normalized spacial score (nSPS) is 11.5. The van der Waals surface area contributed by atoms with Crippen molar-refractivity contribution in [1.82, 2.24) is 5.32 Å². The molecule has 0 radical (unpaired) electrons. The highest BCUT2D eigenvalue weighted by Crippen LogP contribution is 2.10. The van der Waals surface area contributed by atoms with Gasteiger partial charge in [-0.05, 0) is 34.7 Å². The van der Waals surface area contributed by atoms with E-state index in [0.717, 1.165) is 0 Å². The van der Waals surface area contributed by atoms with Crippen LogP contribution in [-0.4, -0.2) is 21.2 Å². The number of alkyl halides is 1. The molecule has 1 aromatic carbocycles. The van der Waals surface area contributed by atoms with E-state index in [1.807, 2.05) is 5.32 Å². The Balaban J connectivity index is 2.52. The van der Waals surface area contributed by atoms with Crippen molar-refractivity contribution in [2.75, 3.05) is 0 Å². The highest BCUT2D eigenvalue weighted by atomic mass is 127. The van der Waals surface area contributed by atoms with Crippen LogP contribution < -0.4 is 10.1 Å². The van der Waals surface area contributed by atoms with Crippen molar-refractivity contribution < 1.29 is 19.4 Å². The summed E-state index contributed by atoms with van der Waals surface area (Å²) in [5.41, 5.74) is 0. The monoisotopic (exact) mass is 321 g/mol. The minimum Gasteiger partial charge on any atom is -0.465 e. The van der Waals surface area contributed by atoms with E-state index in [1.165, 1.54) is 0 Å². The SMILES string of the molecule is O=C(O)NC(I)C(=O)Oc1ccccc1. The van der Waals surface area contributed by atoms with E-state index in [0.29, 0.717) is 5.75 Å². The van der Waals surface area contributed by atoms with Gasteiger partial charge in [-0.25, -0.2) is 9.59 Å². The Hall–Kier alpha value is -1.31. The second-order valence-electron chi connectivity index (χ2n) is 2.55. The second kappa shape index (κ2) is 5.54. The Bertz CT molecular complexity index is 354. The molecule has 1 rings (SSSR count). The van der Waals surface area contributed by atoms with E-state index in [2.05, 4.69) is 0 Å². The molecule has 0 bridgehead atoms. The number of hydrogen-bond acceptors (Lipinski definition) is 3. The van der Waals surface area contributed by atoms with Gasteiger partial charge in [0.05, 0.1) is 0 Å². The number of carbonyl (C=O) groups is 2. The van der Waals surface area contributed by atoms with Crippen LogP contribution in [-0.2, 0) is 4.79 Å². The standard InChI is InChI=1S/C9H8INO4/c10-7(11-9(13)14)8(12)15-6-4-2-1-3-5-6/h1-5,7,11H,(H,13,14). The fourth-order valence-corrected chi connectivity index (χ4v) is 1.22. The molecule has 1 amide bonds. The second-order valence-corrected chi connectivity index (χ2v) is 3.79. The minimum atomic E-state index is -1.26. The van der Waals surface area contributed by atoms with Gasteiger partial charge >= 0.3 is 12.1 Å². The highest BCUT2D eigenvalue weighted by Gasteiger charge is 2.18. The zero-order chi connectivity index (χ0) is 11.3. The Morgan fingerprint density at radius 2 is 1.93 bits per heavy atom. The molecule has 0 aliphatic rings. The van der Waals surface area contributed by atoms with Gasteiger partial charge in [-0.1, -0.05) is 18.2 Å². The highest BCUT2D eigenvalue weighted by molar-refractivity contribution is 14.1. The molecule has 0 fully saturated rings. The van der Waals surface area contributed by atoms with E-state index < -0.39 is 16.1 Å². The molecule has 6 heteroatoms. The van der Waals surface area contributed by atoms with Crippen LogP contribution in [0.3, 0.4) is 0 Å². The predicted molar refractivity (Wildman–Crippen MR) is 61.0 cm³/mol. The summed E-state index contributed by atoms with van der Waals surface area (Å²) in [6.45, 7) is 0. The van der Waals surface area contributed by atoms with Crippen LogP contribution in [0.4, 0.5) is 4.79 Å². The summed E-state index contributed by atoms with van der Waals surface area (Å²) in [6, 6.07) is 8.45. The summed E-state index contributed by atoms with van der Waals surface area (Å²) in [5.74, 6) is -0.263. The first-order valence-electron chi connectivity index (χ1n) is 4.00. The predicted octanol–water partition coefficient (Wildman–Crippen LogP) is 1.62. The number of nitrogens with one attached hydrogen (secondary N) is 1. The van der Waals surface area contributed by atoms with Gasteiger partial charge in [-0.15, -0.1) is 0 Å². The third kappa shape index (κ3) is 4.15. The fraction of sp³-hybridized carbons (Fsp3) is 0.111. The van der Waals surface area contributed by atoms with E-state index in [4.69, 9.17) is 9.84 Å². The van der Waals surface area contributed by atoms with Crippen LogP contribution in [0.5, 0.6) is 5.75 Å². The Morgan fingerprint density at radius 3 is 2.47 bits per heavy atom. The molecule has 0 aliphatic heterocycles. The number of para-hydroxylation sites is 1. The van der Waals surface area contributed by atoms with E-state index >= 15 is 0 Å². The molecule has 80 valence electrons. The van der Waals surface area contributed by atoms with Gasteiger partial charge in [-0.2, -0.15) is 0 Å². The Kier molecular flexibility index (Phi) is 4.35. The number of ether oxygens (including phenoxy) is 1. The largest absolute Gasteiger partial charge is 0.465 e.